The lowest BCUT2D eigenvalue weighted by Crippen LogP contribution is -2.31. The van der Waals surface area contributed by atoms with Crippen LogP contribution in [0, 0.1) is 21.8 Å². The number of fused-ring (bicyclic) bond motifs is 1. The van der Waals surface area contributed by atoms with Gasteiger partial charge in [-0.25, -0.2) is 0 Å². The van der Waals surface area contributed by atoms with Crippen molar-refractivity contribution in [3.05, 3.63) is 64.0 Å². The predicted octanol–water partition coefficient (Wildman–Crippen LogP) is 2.47. The van der Waals surface area contributed by atoms with Gasteiger partial charge in [0.2, 0.25) is 5.82 Å². The Balaban J connectivity index is 1.53. The molecule has 0 bridgehead atoms. The number of halogens is 1. The summed E-state index contributed by atoms with van der Waals surface area (Å²) in [6.07, 6.45) is 0.445. The van der Waals surface area contributed by atoms with Crippen molar-refractivity contribution in [2.24, 2.45) is 5.92 Å². The zero-order valence-electron chi connectivity index (χ0n) is 14.0. The Morgan fingerprint density at radius 2 is 2.07 bits per heavy atom. The quantitative estimate of drug-likeness (QED) is 0.489. The molecule has 2 aromatic carbocycles. The van der Waals surface area contributed by atoms with Gasteiger partial charge in [0.25, 0.3) is 5.91 Å². The fraction of sp³-hybridized carbons (Fsp3) is 0.222. The van der Waals surface area contributed by atoms with Crippen LogP contribution in [0.15, 0.2) is 42.5 Å². The molecule has 8 nitrogen and oxygen atoms in total. The van der Waals surface area contributed by atoms with Crippen molar-refractivity contribution in [2.45, 2.75) is 6.42 Å². The zero-order chi connectivity index (χ0) is 19.4. The third kappa shape index (κ3) is 4.38. The second-order valence-corrected chi connectivity index (χ2v) is 5.90. The fourth-order valence-corrected chi connectivity index (χ4v) is 2.66. The minimum atomic E-state index is -1.01. The summed E-state index contributed by atoms with van der Waals surface area (Å²) in [6, 6.07) is 10.3. The highest BCUT2D eigenvalue weighted by molar-refractivity contribution is 5.93. The normalized spacial score (nSPS) is 15.2. The highest BCUT2D eigenvalue weighted by Gasteiger charge is 2.27. The summed E-state index contributed by atoms with van der Waals surface area (Å²) in [5.74, 6) is -2.09. The van der Waals surface area contributed by atoms with Crippen molar-refractivity contribution in [1.82, 2.24) is 0 Å². The molecule has 2 aromatic rings. The summed E-state index contributed by atoms with van der Waals surface area (Å²) in [7, 11) is 0. The molecule has 1 atom stereocenters. The number of esters is 1. The Kier molecular flexibility index (Phi) is 5.30. The molecular weight excluding hydrogens is 359 g/mol. The van der Waals surface area contributed by atoms with Crippen LogP contribution >= 0.6 is 0 Å². The van der Waals surface area contributed by atoms with Gasteiger partial charge in [-0.3, -0.25) is 19.7 Å². The van der Waals surface area contributed by atoms with Gasteiger partial charge in [-0.2, -0.15) is 4.39 Å². The number of nitrogens with one attached hydrogen (secondary N) is 1. The van der Waals surface area contributed by atoms with Crippen molar-refractivity contribution in [3.8, 4) is 5.75 Å². The largest absolute Gasteiger partial charge is 0.492 e. The average Bonchev–Trinajstić information content (AvgIpc) is 2.67. The maximum atomic E-state index is 13.3. The van der Waals surface area contributed by atoms with Gasteiger partial charge in [0.1, 0.15) is 12.4 Å². The number of nitrogens with zero attached hydrogens (tertiary/aromatic N) is 1. The van der Waals surface area contributed by atoms with Gasteiger partial charge in [-0.05, 0) is 30.2 Å². The van der Waals surface area contributed by atoms with Gasteiger partial charge < -0.3 is 14.8 Å². The van der Waals surface area contributed by atoms with Crippen molar-refractivity contribution in [3.63, 3.8) is 0 Å². The molecule has 1 N–H and O–H groups in total. The van der Waals surface area contributed by atoms with Crippen LogP contribution in [-0.4, -0.2) is 30.0 Å². The first kappa shape index (κ1) is 18.3. The molecule has 0 saturated heterocycles. The van der Waals surface area contributed by atoms with Gasteiger partial charge in [0.05, 0.1) is 10.8 Å². The van der Waals surface area contributed by atoms with E-state index in [-0.39, 0.29) is 12.3 Å². The number of hydrogen-bond acceptors (Lipinski definition) is 6. The molecule has 3 rings (SSSR count). The smallest absolute Gasteiger partial charge is 0.313 e. The van der Waals surface area contributed by atoms with E-state index in [1.54, 1.807) is 0 Å². The van der Waals surface area contributed by atoms with Crippen LogP contribution in [0.3, 0.4) is 0 Å². The van der Waals surface area contributed by atoms with Crippen molar-refractivity contribution >= 4 is 23.3 Å². The molecule has 0 aliphatic carbocycles. The van der Waals surface area contributed by atoms with E-state index < -0.39 is 40.8 Å². The number of hydrogen-bond donors (Lipinski definition) is 1. The molecule has 1 aliphatic rings. The second-order valence-electron chi connectivity index (χ2n) is 5.90. The molecule has 1 unspecified atom stereocenters. The first-order chi connectivity index (χ1) is 12.9. The summed E-state index contributed by atoms with van der Waals surface area (Å²) < 4.78 is 23.8. The number of carbonyl (C=O) groups is 2. The lowest BCUT2D eigenvalue weighted by atomic mass is 9.97. The van der Waals surface area contributed by atoms with Crippen LogP contribution in [0.2, 0.25) is 0 Å². The molecule has 1 amide bonds. The van der Waals surface area contributed by atoms with Gasteiger partial charge in [-0.15, -0.1) is 0 Å². The molecule has 140 valence electrons. The molecule has 1 aliphatic heterocycles. The number of ether oxygens (including phenoxy) is 2. The first-order valence-corrected chi connectivity index (χ1v) is 8.05. The van der Waals surface area contributed by atoms with E-state index in [9.17, 15) is 24.1 Å². The third-order valence-electron chi connectivity index (χ3n) is 3.98. The van der Waals surface area contributed by atoms with Crippen LogP contribution in [0.4, 0.5) is 15.8 Å². The van der Waals surface area contributed by atoms with Gasteiger partial charge in [0.15, 0.2) is 6.61 Å². The minimum Gasteiger partial charge on any atom is -0.492 e. The molecule has 0 radical (unpaired) electrons. The molecule has 1 heterocycles. The zero-order valence-corrected chi connectivity index (χ0v) is 14.0. The number of nitro benzene ring substituents is 1. The Bertz CT molecular complexity index is 901. The lowest BCUT2D eigenvalue weighted by molar-refractivity contribution is -0.387. The van der Waals surface area contributed by atoms with E-state index >= 15 is 0 Å². The molecule has 27 heavy (non-hydrogen) atoms. The van der Waals surface area contributed by atoms with Gasteiger partial charge >= 0.3 is 11.7 Å². The van der Waals surface area contributed by atoms with E-state index in [1.165, 1.54) is 6.07 Å². The van der Waals surface area contributed by atoms with E-state index in [4.69, 9.17) is 9.47 Å². The van der Waals surface area contributed by atoms with E-state index in [2.05, 4.69) is 5.32 Å². The molecule has 0 aromatic heterocycles. The summed E-state index contributed by atoms with van der Waals surface area (Å²) in [6.45, 7) is -0.413. The van der Waals surface area contributed by atoms with Crippen LogP contribution in [-0.2, 0) is 20.7 Å². The molecule has 0 saturated carbocycles. The number of nitro groups is 1. The van der Waals surface area contributed by atoms with Crippen molar-refractivity contribution < 1.29 is 28.4 Å². The topological polar surface area (TPSA) is 108 Å². The van der Waals surface area contributed by atoms with Crippen LogP contribution in [0.5, 0.6) is 5.75 Å². The highest BCUT2D eigenvalue weighted by Crippen LogP contribution is 2.27. The summed E-state index contributed by atoms with van der Waals surface area (Å²) >= 11 is 0. The predicted molar refractivity (Wildman–Crippen MR) is 91.8 cm³/mol. The summed E-state index contributed by atoms with van der Waals surface area (Å²) in [5, 5.41) is 13.0. The molecule has 9 heteroatoms. The van der Waals surface area contributed by atoms with Crippen LogP contribution in [0.1, 0.15) is 5.56 Å². The summed E-state index contributed by atoms with van der Waals surface area (Å²) in [5.41, 5.74) is 0.149. The lowest BCUT2D eigenvalue weighted by Gasteiger charge is -2.23. The number of rotatable bonds is 5. The standard InChI is InChI=1S/C18H15FN2O6/c19-14-6-5-13(8-15(14)21(24)25)20-17(22)10-27-18(23)12-7-11-3-1-2-4-16(11)26-9-12/h1-6,8,12H,7,9-10H2,(H,20,22). The van der Waals surface area contributed by atoms with Crippen molar-refractivity contribution in [2.75, 3.05) is 18.5 Å². The minimum absolute atomic E-state index is 0.0269. The fourth-order valence-electron chi connectivity index (χ4n) is 2.66. The number of benzene rings is 2. The Labute approximate surface area is 153 Å². The van der Waals surface area contributed by atoms with E-state index in [0.717, 1.165) is 23.4 Å². The number of para-hydroxylation sites is 1. The Morgan fingerprint density at radius 1 is 1.30 bits per heavy atom. The highest BCUT2D eigenvalue weighted by atomic mass is 19.1. The maximum absolute atomic E-state index is 13.3. The molecule has 0 spiro atoms. The number of amides is 1. The average molecular weight is 374 g/mol. The van der Waals surface area contributed by atoms with Crippen LogP contribution < -0.4 is 10.1 Å². The Hall–Kier alpha value is -3.49. The van der Waals surface area contributed by atoms with E-state index in [0.29, 0.717) is 6.42 Å². The number of carbonyl (C=O) groups excluding carboxylic acids is 2. The molecular formula is C18H15FN2O6. The monoisotopic (exact) mass is 374 g/mol. The molecule has 0 fully saturated rings. The first-order valence-electron chi connectivity index (χ1n) is 8.05. The van der Waals surface area contributed by atoms with Crippen molar-refractivity contribution in [1.29, 1.82) is 0 Å². The van der Waals surface area contributed by atoms with Gasteiger partial charge in [-0.1, -0.05) is 18.2 Å². The van der Waals surface area contributed by atoms with Crippen LogP contribution in [0.25, 0.3) is 0 Å². The number of anilines is 1. The van der Waals surface area contributed by atoms with E-state index in [1.807, 2.05) is 24.3 Å². The Morgan fingerprint density at radius 3 is 2.85 bits per heavy atom. The van der Waals surface area contributed by atoms with Gasteiger partial charge in [0, 0.05) is 11.8 Å². The SMILES string of the molecule is O=C(COC(=O)C1COc2ccccc2C1)Nc1ccc(F)c([N+](=O)[O-])c1. The summed E-state index contributed by atoms with van der Waals surface area (Å²) in [4.78, 5) is 33.8. The second kappa shape index (κ2) is 7.81. The maximum Gasteiger partial charge on any atom is 0.313 e. The third-order valence-corrected chi connectivity index (χ3v) is 3.98.